The fourth-order valence-corrected chi connectivity index (χ4v) is 2.38. The van der Waals surface area contributed by atoms with Crippen LogP contribution in [0.5, 0.6) is 0 Å². The third-order valence-corrected chi connectivity index (χ3v) is 3.40. The van der Waals surface area contributed by atoms with Crippen molar-refractivity contribution in [2.24, 2.45) is 0 Å². The second-order valence-electron chi connectivity index (χ2n) is 4.96. The molecule has 0 fully saturated rings. The Balaban J connectivity index is 2.54. The number of halogens is 2. The van der Waals surface area contributed by atoms with E-state index in [-0.39, 0.29) is 5.56 Å². The van der Waals surface area contributed by atoms with Crippen molar-refractivity contribution in [2.45, 2.75) is 39.8 Å². The second kappa shape index (κ2) is 6.76. The van der Waals surface area contributed by atoms with E-state index < -0.39 is 17.7 Å². The van der Waals surface area contributed by atoms with Gasteiger partial charge >= 0.3 is 0 Å². The zero-order valence-electron chi connectivity index (χ0n) is 12.5. The molecule has 0 bridgehead atoms. The smallest absolute Gasteiger partial charge is 0.134 e. The van der Waals surface area contributed by atoms with E-state index >= 15 is 0 Å². The summed E-state index contributed by atoms with van der Waals surface area (Å²) < 4.78 is 30.3. The molecule has 21 heavy (non-hydrogen) atoms. The Morgan fingerprint density at radius 1 is 1.29 bits per heavy atom. The summed E-state index contributed by atoms with van der Waals surface area (Å²) in [6.07, 6.45) is 2.43. The number of rotatable bonds is 6. The molecule has 0 amide bonds. The molecular formula is C15H20F2N4. The molecule has 1 N–H and O–H groups in total. The Morgan fingerprint density at radius 2 is 2.05 bits per heavy atom. The highest BCUT2D eigenvalue weighted by Crippen LogP contribution is 2.28. The Morgan fingerprint density at radius 3 is 2.71 bits per heavy atom. The maximum absolute atomic E-state index is 14.4. The first kappa shape index (κ1) is 15.6. The molecule has 0 saturated carbocycles. The lowest BCUT2D eigenvalue weighted by Gasteiger charge is -2.21. The van der Waals surface area contributed by atoms with E-state index in [0.717, 1.165) is 6.42 Å². The Labute approximate surface area is 123 Å². The molecule has 1 aromatic carbocycles. The molecule has 0 saturated heterocycles. The van der Waals surface area contributed by atoms with Crippen LogP contribution < -0.4 is 5.32 Å². The van der Waals surface area contributed by atoms with Gasteiger partial charge in [-0.15, -0.1) is 5.10 Å². The van der Waals surface area contributed by atoms with Crippen molar-refractivity contribution in [1.29, 1.82) is 0 Å². The first-order valence-corrected chi connectivity index (χ1v) is 7.16. The van der Waals surface area contributed by atoms with Crippen LogP contribution in [0.2, 0.25) is 0 Å². The van der Waals surface area contributed by atoms with Crippen LogP contribution in [0.4, 0.5) is 8.78 Å². The summed E-state index contributed by atoms with van der Waals surface area (Å²) in [7, 11) is 0. The average Bonchev–Trinajstić information content (AvgIpc) is 2.91. The van der Waals surface area contributed by atoms with Crippen molar-refractivity contribution >= 4 is 0 Å². The zero-order chi connectivity index (χ0) is 15.4. The van der Waals surface area contributed by atoms with E-state index in [0.29, 0.717) is 24.3 Å². The standard InChI is InChI=1S/C15H20F2N4/c1-4-8-21-12(9-19-20-21)15(18-5-2)13-11(16)7-6-10(3)14(13)17/h6-7,9,15,18H,4-5,8H2,1-3H3. The highest BCUT2D eigenvalue weighted by Gasteiger charge is 2.25. The minimum Gasteiger partial charge on any atom is -0.305 e. The summed E-state index contributed by atoms with van der Waals surface area (Å²) in [6.45, 7) is 6.78. The van der Waals surface area contributed by atoms with Crippen LogP contribution in [0.15, 0.2) is 18.3 Å². The first-order chi connectivity index (χ1) is 10.1. The summed E-state index contributed by atoms with van der Waals surface area (Å²) in [4.78, 5) is 0. The van der Waals surface area contributed by atoms with Crippen molar-refractivity contribution in [2.75, 3.05) is 6.54 Å². The summed E-state index contributed by atoms with van der Waals surface area (Å²) >= 11 is 0. The average molecular weight is 294 g/mol. The second-order valence-corrected chi connectivity index (χ2v) is 4.96. The fraction of sp³-hybridized carbons (Fsp3) is 0.467. The number of aryl methyl sites for hydroxylation is 2. The molecule has 1 aromatic heterocycles. The molecule has 0 aliphatic heterocycles. The molecule has 4 nitrogen and oxygen atoms in total. The van der Waals surface area contributed by atoms with Crippen LogP contribution in [0.1, 0.15) is 43.1 Å². The summed E-state index contributed by atoms with van der Waals surface area (Å²) in [5, 5.41) is 11.0. The first-order valence-electron chi connectivity index (χ1n) is 7.16. The van der Waals surface area contributed by atoms with E-state index in [9.17, 15) is 8.78 Å². The fourth-order valence-electron chi connectivity index (χ4n) is 2.38. The van der Waals surface area contributed by atoms with Gasteiger partial charge in [0.1, 0.15) is 11.6 Å². The molecule has 2 aromatic rings. The predicted octanol–water partition coefficient (Wildman–Crippen LogP) is 2.97. The van der Waals surface area contributed by atoms with Crippen LogP contribution in [0.25, 0.3) is 0 Å². The quantitative estimate of drug-likeness (QED) is 0.890. The van der Waals surface area contributed by atoms with Crippen LogP contribution in [-0.2, 0) is 6.54 Å². The van der Waals surface area contributed by atoms with Crippen molar-refractivity contribution in [3.05, 3.63) is 46.8 Å². The Kier molecular flexibility index (Phi) is 5.01. The van der Waals surface area contributed by atoms with Gasteiger partial charge in [-0.3, -0.25) is 0 Å². The van der Waals surface area contributed by atoms with Crippen molar-refractivity contribution in [3.8, 4) is 0 Å². The number of hydrogen-bond acceptors (Lipinski definition) is 3. The molecule has 0 radical (unpaired) electrons. The molecule has 0 aliphatic rings. The van der Waals surface area contributed by atoms with Crippen LogP contribution in [0, 0.1) is 18.6 Å². The third-order valence-electron chi connectivity index (χ3n) is 3.40. The van der Waals surface area contributed by atoms with Crippen LogP contribution >= 0.6 is 0 Å². The number of nitrogens with zero attached hydrogens (tertiary/aromatic N) is 3. The Bertz CT molecular complexity index is 610. The van der Waals surface area contributed by atoms with Gasteiger partial charge in [-0.2, -0.15) is 0 Å². The number of hydrogen-bond donors (Lipinski definition) is 1. The van der Waals surface area contributed by atoms with Gasteiger partial charge in [0.15, 0.2) is 0 Å². The van der Waals surface area contributed by atoms with Gasteiger partial charge in [0.05, 0.1) is 17.9 Å². The lowest BCUT2D eigenvalue weighted by Crippen LogP contribution is -2.27. The van der Waals surface area contributed by atoms with Gasteiger partial charge in [-0.25, -0.2) is 13.5 Å². The highest BCUT2D eigenvalue weighted by molar-refractivity contribution is 5.33. The molecule has 1 atom stereocenters. The van der Waals surface area contributed by atoms with Gasteiger partial charge in [0, 0.05) is 12.1 Å². The molecule has 2 rings (SSSR count). The highest BCUT2D eigenvalue weighted by atomic mass is 19.1. The maximum atomic E-state index is 14.4. The maximum Gasteiger partial charge on any atom is 0.134 e. The van der Waals surface area contributed by atoms with Crippen molar-refractivity contribution in [3.63, 3.8) is 0 Å². The van der Waals surface area contributed by atoms with Crippen molar-refractivity contribution in [1.82, 2.24) is 20.3 Å². The number of aromatic nitrogens is 3. The van der Waals surface area contributed by atoms with E-state index in [1.807, 2.05) is 13.8 Å². The van der Waals surface area contributed by atoms with Crippen LogP contribution in [0.3, 0.4) is 0 Å². The minimum absolute atomic E-state index is 0.0245. The van der Waals surface area contributed by atoms with Gasteiger partial charge < -0.3 is 5.32 Å². The Hall–Kier alpha value is -1.82. The van der Waals surface area contributed by atoms with E-state index in [2.05, 4.69) is 15.6 Å². The number of benzene rings is 1. The lowest BCUT2D eigenvalue weighted by atomic mass is 10.00. The van der Waals surface area contributed by atoms with Crippen LogP contribution in [-0.4, -0.2) is 21.5 Å². The molecule has 114 valence electrons. The largest absolute Gasteiger partial charge is 0.305 e. The van der Waals surface area contributed by atoms with Gasteiger partial charge in [-0.05, 0) is 31.5 Å². The number of nitrogens with one attached hydrogen (secondary N) is 1. The minimum atomic E-state index is -0.601. The normalized spacial score (nSPS) is 12.6. The molecule has 0 aliphatic carbocycles. The molecule has 6 heteroatoms. The SMILES string of the molecule is CCCn1nncc1C(NCC)c1c(F)ccc(C)c1F. The topological polar surface area (TPSA) is 42.7 Å². The third kappa shape index (κ3) is 3.10. The predicted molar refractivity (Wildman–Crippen MR) is 76.9 cm³/mol. The summed E-state index contributed by atoms with van der Waals surface area (Å²) in [5.74, 6) is -1.08. The lowest BCUT2D eigenvalue weighted by molar-refractivity contribution is 0.471. The van der Waals surface area contributed by atoms with E-state index in [1.165, 1.54) is 12.1 Å². The van der Waals surface area contributed by atoms with Gasteiger partial charge in [0.2, 0.25) is 0 Å². The van der Waals surface area contributed by atoms with Gasteiger partial charge in [-0.1, -0.05) is 25.1 Å². The molecular weight excluding hydrogens is 274 g/mol. The molecule has 1 heterocycles. The molecule has 1 unspecified atom stereocenters. The van der Waals surface area contributed by atoms with E-state index in [4.69, 9.17) is 0 Å². The zero-order valence-corrected chi connectivity index (χ0v) is 12.5. The van der Waals surface area contributed by atoms with Gasteiger partial charge in [0.25, 0.3) is 0 Å². The van der Waals surface area contributed by atoms with Crippen molar-refractivity contribution < 1.29 is 8.78 Å². The summed E-state index contributed by atoms with van der Waals surface area (Å²) in [6, 6.07) is 2.14. The monoisotopic (exact) mass is 294 g/mol. The summed E-state index contributed by atoms with van der Waals surface area (Å²) in [5.41, 5.74) is 1.11. The van der Waals surface area contributed by atoms with E-state index in [1.54, 1.807) is 17.8 Å². The molecule has 0 spiro atoms.